The van der Waals surface area contributed by atoms with E-state index in [9.17, 15) is 13.2 Å². The van der Waals surface area contributed by atoms with Crippen molar-refractivity contribution in [2.75, 3.05) is 19.6 Å². The van der Waals surface area contributed by atoms with Gasteiger partial charge in [0.1, 0.15) is 5.76 Å². The number of likely N-dealkylation sites (tertiary alicyclic amines) is 1. The summed E-state index contributed by atoms with van der Waals surface area (Å²) in [5.74, 6) is 0.500. The molecule has 1 aromatic heterocycles. The van der Waals surface area contributed by atoms with Gasteiger partial charge in [-0.3, -0.25) is 9.69 Å². The first-order chi connectivity index (χ1) is 15.9. The monoisotopic (exact) mass is 467 g/mol. The second-order valence-corrected chi connectivity index (χ2v) is 10.0. The molecule has 1 aliphatic rings. The summed E-state index contributed by atoms with van der Waals surface area (Å²) in [6.45, 7) is 4.20. The van der Waals surface area contributed by atoms with Gasteiger partial charge in [0.2, 0.25) is 10.0 Å². The first kappa shape index (κ1) is 23.2. The summed E-state index contributed by atoms with van der Waals surface area (Å²) >= 11 is 0. The van der Waals surface area contributed by atoms with E-state index in [4.69, 9.17) is 4.42 Å². The molecule has 2 aromatic carbocycles. The number of aryl methyl sites for hydroxylation is 1. The second-order valence-electron chi connectivity index (χ2n) is 8.27. The highest BCUT2D eigenvalue weighted by Gasteiger charge is 2.26. The van der Waals surface area contributed by atoms with E-state index < -0.39 is 10.0 Å². The number of furan rings is 1. The molecule has 1 saturated heterocycles. The van der Waals surface area contributed by atoms with Crippen molar-refractivity contribution < 1.29 is 17.6 Å². The lowest BCUT2D eigenvalue weighted by atomic mass is 10.1. The van der Waals surface area contributed by atoms with Crippen LogP contribution in [0.3, 0.4) is 0 Å². The van der Waals surface area contributed by atoms with E-state index in [0.29, 0.717) is 17.7 Å². The molecule has 1 unspecified atom stereocenters. The highest BCUT2D eigenvalue weighted by Crippen LogP contribution is 2.25. The summed E-state index contributed by atoms with van der Waals surface area (Å²) in [5, 5.41) is 2.96. The zero-order valence-corrected chi connectivity index (χ0v) is 19.5. The zero-order chi connectivity index (χ0) is 23.3. The highest BCUT2D eigenvalue weighted by molar-refractivity contribution is 7.89. The molecule has 0 spiro atoms. The molecule has 1 amide bonds. The Labute approximate surface area is 194 Å². The number of sulfonamides is 1. The lowest BCUT2D eigenvalue weighted by Gasteiger charge is -2.26. The van der Waals surface area contributed by atoms with E-state index >= 15 is 0 Å². The van der Waals surface area contributed by atoms with Gasteiger partial charge in [-0.05, 0) is 68.2 Å². The Morgan fingerprint density at radius 2 is 1.82 bits per heavy atom. The number of nitrogens with one attached hydrogen (secondary N) is 2. The summed E-state index contributed by atoms with van der Waals surface area (Å²) in [4.78, 5) is 15.3. The van der Waals surface area contributed by atoms with Crippen LogP contribution in [0, 0.1) is 6.92 Å². The van der Waals surface area contributed by atoms with Crippen molar-refractivity contribution in [1.82, 2.24) is 14.9 Å². The normalized spacial score (nSPS) is 15.4. The molecule has 0 saturated carbocycles. The van der Waals surface area contributed by atoms with E-state index in [1.807, 2.05) is 42.5 Å². The molecular weight excluding hydrogens is 438 g/mol. The average molecular weight is 468 g/mol. The van der Waals surface area contributed by atoms with Crippen molar-refractivity contribution in [3.8, 4) is 0 Å². The standard InChI is InChI=1S/C25H29N3O4S/c1-19-11-12-21(16-24(19)33(30,31)27-17-20-8-3-2-4-9-20)25(29)26-18-22(23-10-7-15-32-23)28-13-5-6-14-28/h2-4,7-12,15-16,22,27H,5-6,13-14,17-18H2,1H3,(H,26,29). The maximum absolute atomic E-state index is 12.9. The zero-order valence-electron chi connectivity index (χ0n) is 18.7. The van der Waals surface area contributed by atoms with Crippen LogP contribution in [0.1, 0.15) is 46.1 Å². The number of hydrogen-bond acceptors (Lipinski definition) is 5. The number of benzene rings is 2. The molecule has 33 heavy (non-hydrogen) atoms. The predicted octanol–water partition coefficient (Wildman–Crippen LogP) is 3.63. The molecule has 174 valence electrons. The summed E-state index contributed by atoms with van der Waals surface area (Å²) in [5.41, 5.74) is 1.75. The Hall–Kier alpha value is -2.94. The fourth-order valence-corrected chi connectivity index (χ4v) is 5.40. The van der Waals surface area contributed by atoms with Gasteiger partial charge in [-0.25, -0.2) is 13.1 Å². The van der Waals surface area contributed by atoms with E-state index in [2.05, 4.69) is 14.9 Å². The van der Waals surface area contributed by atoms with Gasteiger partial charge in [-0.15, -0.1) is 0 Å². The van der Waals surface area contributed by atoms with Crippen molar-refractivity contribution in [2.24, 2.45) is 0 Å². The number of carbonyl (C=O) groups excluding carboxylic acids is 1. The van der Waals surface area contributed by atoms with Crippen LogP contribution in [0.2, 0.25) is 0 Å². The Morgan fingerprint density at radius 1 is 1.06 bits per heavy atom. The van der Waals surface area contributed by atoms with Gasteiger partial charge in [-0.2, -0.15) is 0 Å². The van der Waals surface area contributed by atoms with Gasteiger partial charge >= 0.3 is 0 Å². The van der Waals surface area contributed by atoms with E-state index in [0.717, 1.165) is 37.3 Å². The molecule has 0 bridgehead atoms. The number of amides is 1. The van der Waals surface area contributed by atoms with Crippen molar-refractivity contribution in [3.63, 3.8) is 0 Å². The molecule has 2 N–H and O–H groups in total. The Morgan fingerprint density at radius 3 is 2.52 bits per heavy atom. The van der Waals surface area contributed by atoms with E-state index in [1.165, 1.54) is 6.07 Å². The van der Waals surface area contributed by atoms with E-state index in [-0.39, 0.29) is 23.4 Å². The molecule has 2 heterocycles. The van der Waals surface area contributed by atoms with Crippen molar-refractivity contribution in [3.05, 3.63) is 89.4 Å². The third kappa shape index (κ3) is 5.71. The minimum atomic E-state index is -3.78. The fraction of sp³-hybridized carbons (Fsp3) is 0.320. The lowest BCUT2D eigenvalue weighted by Crippen LogP contribution is -2.36. The molecule has 1 atom stereocenters. The third-order valence-corrected chi connectivity index (χ3v) is 7.50. The van der Waals surface area contributed by atoms with Crippen molar-refractivity contribution >= 4 is 15.9 Å². The average Bonchev–Trinajstić information content (AvgIpc) is 3.54. The Kier molecular flexibility index (Phi) is 7.27. The first-order valence-corrected chi connectivity index (χ1v) is 12.6. The van der Waals surface area contributed by atoms with Crippen LogP contribution in [-0.4, -0.2) is 38.9 Å². The van der Waals surface area contributed by atoms with Crippen molar-refractivity contribution in [2.45, 2.75) is 37.2 Å². The largest absolute Gasteiger partial charge is 0.468 e. The highest BCUT2D eigenvalue weighted by atomic mass is 32.2. The lowest BCUT2D eigenvalue weighted by molar-refractivity contribution is 0.0933. The van der Waals surface area contributed by atoms with Gasteiger partial charge in [0.25, 0.3) is 5.91 Å². The predicted molar refractivity (Wildman–Crippen MR) is 126 cm³/mol. The van der Waals surface area contributed by atoms with Gasteiger partial charge in [0, 0.05) is 18.7 Å². The van der Waals surface area contributed by atoms with E-state index in [1.54, 1.807) is 25.3 Å². The third-order valence-electron chi connectivity index (χ3n) is 5.96. The number of hydrogen-bond donors (Lipinski definition) is 2. The minimum Gasteiger partial charge on any atom is -0.468 e. The van der Waals surface area contributed by atoms with Gasteiger partial charge < -0.3 is 9.73 Å². The van der Waals surface area contributed by atoms with Crippen LogP contribution in [-0.2, 0) is 16.6 Å². The molecule has 8 heteroatoms. The van der Waals surface area contributed by atoms with Crippen LogP contribution < -0.4 is 10.0 Å². The van der Waals surface area contributed by atoms with Crippen LogP contribution in [0.15, 0.2) is 76.2 Å². The summed E-state index contributed by atoms with van der Waals surface area (Å²) in [6, 6.07) is 17.8. The molecular formula is C25H29N3O4S. The van der Waals surface area contributed by atoms with Crippen LogP contribution in [0.25, 0.3) is 0 Å². The Balaban J connectivity index is 1.46. The molecule has 0 radical (unpaired) electrons. The summed E-state index contributed by atoms with van der Waals surface area (Å²) in [7, 11) is -3.78. The molecule has 1 fully saturated rings. The second kappa shape index (κ2) is 10.3. The summed E-state index contributed by atoms with van der Waals surface area (Å²) < 4.78 is 34.1. The SMILES string of the molecule is Cc1ccc(C(=O)NCC(c2ccco2)N2CCCC2)cc1S(=O)(=O)NCc1ccccc1. The van der Waals surface area contributed by atoms with Gasteiger partial charge in [0.05, 0.1) is 17.2 Å². The minimum absolute atomic E-state index is 0.0485. The maximum Gasteiger partial charge on any atom is 0.251 e. The number of rotatable bonds is 9. The molecule has 3 aromatic rings. The summed E-state index contributed by atoms with van der Waals surface area (Å²) in [6.07, 6.45) is 3.89. The Bertz CT molecular complexity index is 1170. The van der Waals surface area contributed by atoms with Crippen molar-refractivity contribution in [1.29, 1.82) is 0 Å². The van der Waals surface area contributed by atoms with Crippen LogP contribution >= 0.6 is 0 Å². The molecule has 1 aliphatic heterocycles. The van der Waals surface area contributed by atoms with Gasteiger partial charge in [-0.1, -0.05) is 36.4 Å². The van der Waals surface area contributed by atoms with Crippen LogP contribution in [0.5, 0.6) is 0 Å². The molecule has 0 aliphatic carbocycles. The fourth-order valence-electron chi connectivity index (χ4n) is 4.12. The molecule has 4 rings (SSSR count). The smallest absolute Gasteiger partial charge is 0.251 e. The molecule has 7 nitrogen and oxygen atoms in total. The quantitative estimate of drug-likeness (QED) is 0.501. The maximum atomic E-state index is 12.9. The number of carbonyl (C=O) groups is 1. The topological polar surface area (TPSA) is 91.7 Å². The number of nitrogens with zero attached hydrogens (tertiary/aromatic N) is 1. The first-order valence-electron chi connectivity index (χ1n) is 11.1. The van der Waals surface area contributed by atoms with Crippen LogP contribution in [0.4, 0.5) is 0 Å². The van der Waals surface area contributed by atoms with Gasteiger partial charge in [0.15, 0.2) is 0 Å².